The second kappa shape index (κ2) is 13.3. The number of thioether (sulfide) groups is 1. The number of likely N-dealkylation sites (N-methyl/N-ethyl adjacent to an activating group) is 1. The average Bonchev–Trinajstić information content (AvgIpc) is 3.30. The molecule has 0 radical (unpaired) electrons. The van der Waals surface area contributed by atoms with Crippen molar-refractivity contribution in [3.63, 3.8) is 0 Å². The molecule has 1 N–H and O–H groups in total. The summed E-state index contributed by atoms with van der Waals surface area (Å²) in [6.45, 7) is 5.91. The highest BCUT2D eigenvalue weighted by Gasteiger charge is 2.31. The van der Waals surface area contributed by atoms with Gasteiger partial charge in [-0.15, -0.1) is 11.6 Å². The van der Waals surface area contributed by atoms with Crippen LogP contribution in [0.25, 0.3) is 10.9 Å². The lowest BCUT2D eigenvalue weighted by molar-refractivity contribution is 0.145. The van der Waals surface area contributed by atoms with E-state index in [1.807, 2.05) is 12.1 Å². The number of nitrogens with one attached hydrogen (secondary N) is 1. The quantitative estimate of drug-likeness (QED) is 0.203. The number of fused-ring (bicyclic) bond motifs is 1. The molecule has 220 valence electrons. The summed E-state index contributed by atoms with van der Waals surface area (Å²) in [6, 6.07) is 12.1. The fraction of sp³-hybridized carbons (Fsp3) is 0.393. The molecule has 0 amide bonds. The first-order chi connectivity index (χ1) is 19.7. The van der Waals surface area contributed by atoms with Gasteiger partial charge in [0.2, 0.25) is 0 Å². The van der Waals surface area contributed by atoms with Crippen LogP contribution in [0.15, 0.2) is 57.9 Å². The summed E-state index contributed by atoms with van der Waals surface area (Å²) in [5.74, 6) is 2.18. The van der Waals surface area contributed by atoms with Crippen LogP contribution >= 0.6 is 35.0 Å². The molecule has 1 fully saturated rings. The number of alkyl halides is 1. The Kier molecular flexibility index (Phi) is 9.73. The molecule has 1 saturated heterocycles. The van der Waals surface area contributed by atoms with Gasteiger partial charge in [-0.25, -0.2) is 8.42 Å². The number of ether oxygens (including phenoxy) is 3. The molecular weight excluding hydrogens is 607 g/mol. The number of sulfonamides is 1. The van der Waals surface area contributed by atoms with E-state index < -0.39 is 14.7 Å². The Hall–Kier alpha value is -2.41. The Morgan fingerprint density at radius 1 is 1.10 bits per heavy atom. The summed E-state index contributed by atoms with van der Waals surface area (Å²) in [6.07, 6.45) is 2.72. The summed E-state index contributed by atoms with van der Waals surface area (Å²) >= 11 is 13.3. The molecule has 13 heteroatoms. The number of hydrogen-bond donors (Lipinski definition) is 1. The van der Waals surface area contributed by atoms with E-state index in [0.717, 1.165) is 56.3 Å². The Morgan fingerprint density at radius 3 is 2.63 bits per heavy atom. The molecule has 0 aliphatic carbocycles. The van der Waals surface area contributed by atoms with Crippen LogP contribution in [0.4, 0.5) is 5.69 Å². The number of allylic oxidation sites excluding steroid dienone is 1. The van der Waals surface area contributed by atoms with Crippen LogP contribution in [-0.2, 0) is 10.0 Å². The minimum atomic E-state index is -3.86. The van der Waals surface area contributed by atoms with Crippen LogP contribution in [0.3, 0.4) is 0 Å². The van der Waals surface area contributed by atoms with Crippen molar-refractivity contribution in [2.75, 3.05) is 58.2 Å². The highest BCUT2D eigenvalue weighted by atomic mass is 35.5. The lowest BCUT2D eigenvalue weighted by Crippen LogP contribution is -2.44. The number of benzene rings is 2. The normalized spacial score (nSPS) is 18.6. The van der Waals surface area contributed by atoms with Crippen molar-refractivity contribution in [2.45, 2.75) is 17.6 Å². The van der Waals surface area contributed by atoms with E-state index in [1.165, 1.54) is 0 Å². The molecule has 0 saturated carbocycles. The Bertz CT molecular complexity index is 1530. The largest absolute Gasteiger partial charge is 0.493 e. The highest BCUT2D eigenvalue weighted by Crippen LogP contribution is 2.44. The van der Waals surface area contributed by atoms with Crippen molar-refractivity contribution in [1.29, 1.82) is 0 Å². The van der Waals surface area contributed by atoms with Crippen molar-refractivity contribution in [3.8, 4) is 23.0 Å². The van der Waals surface area contributed by atoms with Crippen LogP contribution in [-0.4, -0.2) is 81.4 Å². The highest BCUT2D eigenvalue weighted by molar-refractivity contribution is 8.08. The summed E-state index contributed by atoms with van der Waals surface area (Å²) in [5, 5.41) is 0.730. The van der Waals surface area contributed by atoms with Gasteiger partial charge in [-0.2, -0.15) is 0 Å². The van der Waals surface area contributed by atoms with Crippen molar-refractivity contribution in [1.82, 2.24) is 14.8 Å². The molecule has 1 unspecified atom stereocenters. The lowest BCUT2D eigenvalue weighted by atomic mass is 10.1. The molecule has 2 aliphatic rings. The number of pyridine rings is 1. The minimum absolute atomic E-state index is 0.0834. The standard InChI is InChI=1S/C28H32Cl2N4O5S2/c1-33-10-12-34(13-11-33)9-4-14-38-25-17-22-21(16-24(25)37-2)23(7-8-31-22)39-20-6-3-5-19(15-20)32-41(35,36)26-18-27(29)40-28(26)30/h3,5-8,15-17,27,32H,4,9-14,18H2,1-2H3. The number of anilines is 1. The van der Waals surface area contributed by atoms with Crippen LogP contribution < -0.4 is 18.9 Å². The van der Waals surface area contributed by atoms with Gasteiger partial charge < -0.3 is 24.0 Å². The van der Waals surface area contributed by atoms with Crippen LogP contribution in [0, 0.1) is 0 Å². The summed E-state index contributed by atoms with van der Waals surface area (Å²) in [4.78, 5) is 9.39. The van der Waals surface area contributed by atoms with Gasteiger partial charge in [-0.05, 0) is 37.7 Å². The molecule has 1 atom stereocenters. The summed E-state index contributed by atoms with van der Waals surface area (Å²) in [7, 11) is -0.108. The third-order valence-corrected chi connectivity index (χ3v) is 10.5. The first-order valence-electron chi connectivity index (χ1n) is 13.2. The molecule has 2 aromatic carbocycles. The smallest absolute Gasteiger partial charge is 0.260 e. The number of nitrogens with zero attached hydrogens (tertiary/aromatic N) is 3. The van der Waals surface area contributed by atoms with Crippen LogP contribution in [0.2, 0.25) is 0 Å². The maximum absolute atomic E-state index is 12.9. The number of halogens is 2. The topological polar surface area (TPSA) is 93.2 Å². The van der Waals surface area contributed by atoms with E-state index in [4.69, 9.17) is 37.4 Å². The van der Waals surface area contributed by atoms with Crippen molar-refractivity contribution in [3.05, 3.63) is 57.9 Å². The van der Waals surface area contributed by atoms with Gasteiger partial charge in [0.25, 0.3) is 10.0 Å². The molecule has 5 rings (SSSR count). The van der Waals surface area contributed by atoms with Gasteiger partial charge in [0.15, 0.2) is 11.5 Å². The number of methoxy groups -OCH3 is 1. The van der Waals surface area contributed by atoms with E-state index in [2.05, 4.69) is 26.6 Å². The van der Waals surface area contributed by atoms with Crippen LogP contribution in [0.1, 0.15) is 12.8 Å². The monoisotopic (exact) mass is 638 g/mol. The summed E-state index contributed by atoms with van der Waals surface area (Å²) in [5.41, 5.74) is 1.02. The average molecular weight is 640 g/mol. The fourth-order valence-corrected chi connectivity index (χ4v) is 8.44. The van der Waals surface area contributed by atoms with E-state index in [-0.39, 0.29) is 15.7 Å². The maximum atomic E-state index is 12.9. The Labute approximate surface area is 254 Å². The third kappa shape index (κ3) is 7.52. The van der Waals surface area contributed by atoms with Gasteiger partial charge >= 0.3 is 0 Å². The zero-order valence-electron chi connectivity index (χ0n) is 22.8. The zero-order chi connectivity index (χ0) is 29.0. The lowest BCUT2D eigenvalue weighted by Gasteiger charge is -2.32. The minimum Gasteiger partial charge on any atom is -0.493 e. The van der Waals surface area contributed by atoms with Gasteiger partial charge in [-0.3, -0.25) is 9.71 Å². The zero-order valence-corrected chi connectivity index (χ0v) is 26.0. The molecular formula is C28H32Cl2N4O5S2. The second-order valence-corrected chi connectivity index (χ2v) is 14.1. The first kappa shape index (κ1) is 30.1. The number of hydrogen-bond acceptors (Lipinski definition) is 9. The molecule has 2 aliphatic heterocycles. The van der Waals surface area contributed by atoms with E-state index in [0.29, 0.717) is 40.8 Å². The SMILES string of the molecule is COc1cc2c(Oc3cccc(NS(=O)(=O)C4=C(Cl)SC(Cl)C4)c3)ccnc2cc1OCCCN1CCN(C)CC1. The number of rotatable bonds is 11. The molecule has 3 heterocycles. The number of piperazine rings is 1. The second-order valence-electron chi connectivity index (χ2n) is 9.84. The van der Waals surface area contributed by atoms with E-state index >= 15 is 0 Å². The molecule has 0 spiro atoms. The van der Waals surface area contributed by atoms with Crippen molar-refractivity contribution >= 4 is 61.6 Å². The molecule has 41 heavy (non-hydrogen) atoms. The Morgan fingerprint density at radius 2 is 1.90 bits per heavy atom. The fourth-order valence-electron chi connectivity index (χ4n) is 4.66. The van der Waals surface area contributed by atoms with Crippen molar-refractivity contribution < 1.29 is 22.6 Å². The molecule has 0 bridgehead atoms. The van der Waals surface area contributed by atoms with E-state index in [9.17, 15) is 8.42 Å². The first-order valence-corrected chi connectivity index (χ1v) is 16.4. The molecule has 3 aromatic rings. The predicted octanol–water partition coefficient (Wildman–Crippen LogP) is 5.90. The third-order valence-electron chi connectivity index (χ3n) is 6.89. The summed E-state index contributed by atoms with van der Waals surface area (Å²) < 4.78 is 46.0. The van der Waals surface area contributed by atoms with E-state index in [1.54, 1.807) is 43.6 Å². The van der Waals surface area contributed by atoms with Gasteiger partial charge in [0.05, 0.1) is 38.9 Å². The van der Waals surface area contributed by atoms with Crippen LogP contribution in [0.5, 0.6) is 23.0 Å². The number of aromatic nitrogens is 1. The maximum Gasteiger partial charge on any atom is 0.260 e. The molecule has 1 aromatic heterocycles. The predicted molar refractivity (Wildman–Crippen MR) is 166 cm³/mol. The molecule has 9 nitrogen and oxygen atoms in total. The van der Waals surface area contributed by atoms with Gasteiger partial charge in [0.1, 0.15) is 11.5 Å². The van der Waals surface area contributed by atoms with Crippen molar-refractivity contribution in [2.24, 2.45) is 0 Å². The van der Waals surface area contributed by atoms with Gasteiger partial charge in [-0.1, -0.05) is 29.4 Å². The Balaban J connectivity index is 1.27. The van der Waals surface area contributed by atoms with Gasteiger partial charge in [0, 0.05) is 62.9 Å².